The molecule has 1 heterocycles. The Balaban J connectivity index is 1.92. The van der Waals surface area contributed by atoms with Crippen LogP contribution in [0.3, 0.4) is 0 Å². The lowest BCUT2D eigenvalue weighted by molar-refractivity contribution is -0.121. The lowest BCUT2D eigenvalue weighted by Crippen LogP contribution is -2.36. The first-order chi connectivity index (χ1) is 10.7. The molecule has 23 heavy (non-hydrogen) atoms. The average Bonchev–Trinajstić information content (AvgIpc) is 2.91. The Morgan fingerprint density at radius 3 is 2.57 bits per heavy atom. The molecule has 1 atom stereocenters. The van der Waals surface area contributed by atoms with E-state index in [0.717, 1.165) is 12.1 Å². The van der Waals surface area contributed by atoms with Crippen molar-refractivity contribution in [1.29, 1.82) is 0 Å². The van der Waals surface area contributed by atoms with Crippen molar-refractivity contribution in [2.24, 2.45) is 5.92 Å². The van der Waals surface area contributed by atoms with E-state index in [-0.39, 0.29) is 18.1 Å². The number of hydrogen-bond acceptors (Lipinski definition) is 3. The van der Waals surface area contributed by atoms with Gasteiger partial charge in [0.1, 0.15) is 11.4 Å². The third-order valence-electron chi connectivity index (χ3n) is 3.66. The average molecular weight is 325 g/mol. The maximum absolute atomic E-state index is 13.2. The van der Waals surface area contributed by atoms with Crippen LogP contribution in [-0.2, 0) is 16.0 Å². The molecule has 0 aromatic heterocycles. The molecule has 1 aliphatic heterocycles. The number of Topliss-reactive ketones (excluding diaryl/α,β-unsaturated/α-hetero) is 1. The lowest BCUT2D eigenvalue weighted by Gasteiger charge is -2.24. The Hall–Kier alpha value is -1.98. The number of benzene rings is 1. The van der Waals surface area contributed by atoms with Gasteiger partial charge >= 0.3 is 6.09 Å². The van der Waals surface area contributed by atoms with E-state index in [9.17, 15) is 18.4 Å². The van der Waals surface area contributed by atoms with Crippen LogP contribution >= 0.6 is 0 Å². The molecule has 0 bridgehead atoms. The van der Waals surface area contributed by atoms with Crippen molar-refractivity contribution in [3.63, 3.8) is 0 Å². The van der Waals surface area contributed by atoms with Crippen LogP contribution < -0.4 is 0 Å². The molecule has 1 aromatic rings. The fourth-order valence-electron chi connectivity index (χ4n) is 2.51. The highest BCUT2D eigenvalue weighted by atomic mass is 19.2. The molecule has 0 radical (unpaired) electrons. The summed E-state index contributed by atoms with van der Waals surface area (Å²) in [5.41, 5.74) is -0.144. The number of ketones is 1. The van der Waals surface area contributed by atoms with Gasteiger partial charge in [-0.15, -0.1) is 0 Å². The van der Waals surface area contributed by atoms with Crippen molar-refractivity contribution < 1.29 is 23.1 Å². The third-order valence-corrected chi connectivity index (χ3v) is 3.66. The zero-order chi connectivity index (χ0) is 17.2. The number of likely N-dealkylation sites (tertiary alicyclic amines) is 1. The Morgan fingerprint density at radius 2 is 1.96 bits per heavy atom. The first-order valence-electron chi connectivity index (χ1n) is 7.60. The van der Waals surface area contributed by atoms with E-state index in [4.69, 9.17) is 4.74 Å². The number of carbonyl (C=O) groups is 2. The summed E-state index contributed by atoms with van der Waals surface area (Å²) in [5, 5.41) is 0. The van der Waals surface area contributed by atoms with Crippen LogP contribution in [0.25, 0.3) is 0 Å². The molecule has 0 N–H and O–H groups in total. The number of nitrogens with zero attached hydrogens (tertiary/aromatic N) is 1. The smallest absolute Gasteiger partial charge is 0.410 e. The van der Waals surface area contributed by atoms with Crippen molar-refractivity contribution in [2.45, 2.75) is 39.2 Å². The van der Waals surface area contributed by atoms with Crippen molar-refractivity contribution in [1.82, 2.24) is 4.90 Å². The van der Waals surface area contributed by atoms with Crippen molar-refractivity contribution in [3.05, 3.63) is 35.4 Å². The number of carbonyl (C=O) groups excluding carboxylic acids is 2. The zero-order valence-electron chi connectivity index (χ0n) is 13.6. The molecule has 126 valence electrons. The van der Waals surface area contributed by atoms with Gasteiger partial charge in [-0.25, -0.2) is 13.6 Å². The summed E-state index contributed by atoms with van der Waals surface area (Å²) >= 11 is 0. The normalized spacial score (nSPS) is 18.1. The first kappa shape index (κ1) is 17.4. The number of hydrogen-bond donors (Lipinski definition) is 0. The third kappa shape index (κ3) is 4.74. The molecule has 0 aliphatic carbocycles. The summed E-state index contributed by atoms with van der Waals surface area (Å²) < 4.78 is 31.4. The Labute approximate surface area is 134 Å². The standard InChI is InChI=1S/C17H21F2NO3/c1-17(2,3)23-16(22)20-7-6-12(10-20)15(21)9-11-4-5-13(18)14(19)8-11/h4-5,8,12H,6-7,9-10H2,1-3H3. The van der Waals surface area contributed by atoms with Gasteiger partial charge in [-0.1, -0.05) is 6.07 Å². The van der Waals surface area contributed by atoms with Gasteiger partial charge in [0.15, 0.2) is 11.6 Å². The minimum atomic E-state index is -0.961. The Kier molecular flexibility index (Phi) is 5.02. The highest BCUT2D eigenvalue weighted by Gasteiger charge is 2.33. The van der Waals surface area contributed by atoms with Gasteiger partial charge in [-0.2, -0.15) is 0 Å². The van der Waals surface area contributed by atoms with Gasteiger partial charge in [0.2, 0.25) is 0 Å². The maximum Gasteiger partial charge on any atom is 0.410 e. The summed E-state index contributed by atoms with van der Waals surface area (Å²) in [5.74, 6) is -2.27. The molecule has 0 saturated carbocycles. The minimum Gasteiger partial charge on any atom is -0.444 e. The van der Waals surface area contributed by atoms with Gasteiger partial charge in [0, 0.05) is 25.4 Å². The first-order valence-corrected chi connectivity index (χ1v) is 7.60. The largest absolute Gasteiger partial charge is 0.444 e. The highest BCUT2D eigenvalue weighted by molar-refractivity contribution is 5.84. The summed E-state index contributed by atoms with van der Waals surface area (Å²) in [6.45, 7) is 6.12. The number of ether oxygens (including phenoxy) is 1. The molecule has 1 saturated heterocycles. The molecule has 1 aromatic carbocycles. The molecule has 6 heteroatoms. The monoisotopic (exact) mass is 325 g/mol. The second kappa shape index (κ2) is 6.64. The van der Waals surface area contributed by atoms with Gasteiger partial charge in [0.05, 0.1) is 0 Å². The van der Waals surface area contributed by atoms with Gasteiger partial charge in [-0.05, 0) is 44.9 Å². The lowest BCUT2D eigenvalue weighted by atomic mass is 9.97. The minimum absolute atomic E-state index is 0.0318. The highest BCUT2D eigenvalue weighted by Crippen LogP contribution is 2.22. The van der Waals surface area contributed by atoms with Crippen LogP contribution in [0.15, 0.2) is 18.2 Å². The molecule has 1 aliphatic rings. The number of rotatable bonds is 3. The predicted octanol–water partition coefficient (Wildman–Crippen LogP) is 3.33. The predicted molar refractivity (Wildman–Crippen MR) is 81.0 cm³/mol. The molecule has 1 fully saturated rings. The van der Waals surface area contributed by atoms with Crippen LogP contribution in [-0.4, -0.2) is 35.5 Å². The quantitative estimate of drug-likeness (QED) is 0.856. The van der Waals surface area contributed by atoms with E-state index >= 15 is 0 Å². The molecule has 2 rings (SSSR count). The van der Waals surface area contributed by atoms with Gasteiger partial charge in [0.25, 0.3) is 0 Å². The summed E-state index contributed by atoms with van der Waals surface area (Å²) in [6, 6.07) is 3.45. The zero-order valence-corrected chi connectivity index (χ0v) is 13.6. The maximum atomic E-state index is 13.2. The number of amides is 1. The fourth-order valence-corrected chi connectivity index (χ4v) is 2.51. The van der Waals surface area contributed by atoms with Crippen molar-refractivity contribution in [3.8, 4) is 0 Å². The van der Waals surface area contributed by atoms with Crippen LogP contribution in [0.2, 0.25) is 0 Å². The summed E-state index contributed by atoms with van der Waals surface area (Å²) in [4.78, 5) is 25.8. The second-order valence-electron chi connectivity index (χ2n) is 6.80. The Morgan fingerprint density at radius 1 is 1.26 bits per heavy atom. The van der Waals surface area contributed by atoms with E-state index in [1.807, 2.05) is 0 Å². The molecule has 1 unspecified atom stereocenters. The Bertz CT molecular complexity index is 610. The van der Waals surface area contributed by atoms with Crippen molar-refractivity contribution in [2.75, 3.05) is 13.1 Å². The van der Waals surface area contributed by atoms with E-state index < -0.39 is 23.3 Å². The summed E-state index contributed by atoms with van der Waals surface area (Å²) in [6.07, 6.45) is 0.159. The molecule has 0 spiro atoms. The molecule has 1 amide bonds. The topological polar surface area (TPSA) is 46.6 Å². The molecular weight excluding hydrogens is 304 g/mol. The van der Waals surface area contributed by atoms with E-state index in [1.165, 1.54) is 11.0 Å². The van der Waals surface area contributed by atoms with E-state index in [1.54, 1.807) is 20.8 Å². The molecule has 4 nitrogen and oxygen atoms in total. The van der Waals surface area contributed by atoms with Crippen LogP contribution in [0.5, 0.6) is 0 Å². The van der Waals surface area contributed by atoms with Crippen LogP contribution in [0.4, 0.5) is 13.6 Å². The van der Waals surface area contributed by atoms with E-state index in [0.29, 0.717) is 25.1 Å². The van der Waals surface area contributed by atoms with Gasteiger partial charge < -0.3 is 9.64 Å². The van der Waals surface area contributed by atoms with Crippen LogP contribution in [0.1, 0.15) is 32.8 Å². The van der Waals surface area contributed by atoms with Crippen molar-refractivity contribution >= 4 is 11.9 Å². The van der Waals surface area contributed by atoms with Crippen LogP contribution in [0, 0.1) is 17.6 Å². The van der Waals surface area contributed by atoms with Gasteiger partial charge in [-0.3, -0.25) is 4.79 Å². The van der Waals surface area contributed by atoms with E-state index in [2.05, 4.69) is 0 Å². The summed E-state index contributed by atoms with van der Waals surface area (Å²) in [7, 11) is 0. The fraction of sp³-hybridized carbons (Fsp3) is 0.529. The second-order valence-corrected chi connectivity index (χ2v) is 6.80. The molecular formula is C17H21F2NO3. The SMILES string of the molecule is CC(C)(C)OC(=O)N1CCC(C(=O)Cc2ccc(F)c(F)c2)C1. The number of halogens is 2.